The maximum absolute atomic E-state index is 13.7. The number of halogens is 2. The van der Waals surface area contributed by atoms with Gasteiger partial charge in [-0.2, -0.15) is 0 Å². The quantitative estimate of drug-likeness (QED) is 0.788. The van der Waals surface area contributed by atoms with Crippen LogP contribution in [0.15, 0.2) is 42.7 Å². The number of fused-ring (bicyclic) bond motifs is 1. The van der Waals surface area contributed by atoms with E-state index in [-0.39, 0.29) is 11.3 Å². The van der Waals surface area contributed by atoms with Gasteiger partial charge in [0.2, 0.25) is 0 Å². The molecule has 0 amide bonds. The molecule has 1 aromatic heterocycles. The van der Waals surface area contributed by atoms with Crippen molar-refractivity contribution in [3.63, 3.8) is 0 Å². The smallest absolute Gasteiger partial charge is 0.149 e. The summed E-state index contributed by atoms with van der Waals surface area (Å²) >= 11 is 6.08. The van der Waals surface area contributed by atoms with Crippen LogP contribution in [0.3, 0.4) is 0 Å². The minimum Gasteiger partial charge on any atom is -0.495 e. The fourth-order valence-electron chi connectivity index (χ4n) is 2.03. The summed E-state index contributed by atoms with van der Waals surface area (Å²) in [7, 11) is 1.55. The second kappa shape index (κ2) is 5.54. The van der Waals surface area contributed by atoms with E-state index < -0.39 is 0 Å². The molecule has 0 aliphatic rings. The molecule has 1 heterocycles. The Labute approximate surface area is 125 Å². The summed E-state index contributed by atoms with van der Waals surface area (Å²) in [5.41, 5.74) is 1.000. The van der Waals surface area contributed by atoms with Gasteiger partial charge in [0.15, 0.2) is 0 Å². The second-order valence-electron chi connectivity index (χ2n) is 4.33. The average Bonchev–Trinajstić information content (AvgIpc) is 2.49. The van der Waals surface area contributed by atoms with E-state index in [0.717, 1.165) is 5.69 Å². The Morgan fingerprint density at radius 2 is 2.05 bits per heavy atom. The van der Waals surface area contributed by atoms with Crippen LogP contribution >= 0.6 is 11.6 Å². The first-order valence-electron chi connectivity index (χ1n) is 6.19. The van der Waals surface area contributed by atoms with Crippen molar-refractivity contribution in [1.82, 2.24) is 9.97 Å². The maximum Gasteiger partial charge on any atom is 0.149 e. The predicted molar refractivity (Wildman–Crippen MR) is 80.8 cm³/mol. The van der Waals surface area contributed by atoms with Gasteiger partial charge in [0.25, 0.3) is 0 Å². The van der Waals surface area contributed by atoms with E-state index in [1.54, 1.807) is 37.4 Å². The summed E-state index contributed by atoms with van der Waals surface area (Å²) in [6.45, 7) is 0. The zero-order valence-corrected chi connectivity index (χ0v) is 11.9. The minimum atomic E-state index is -0.384. The first kappa shape index (κ1) is 13.6. The highest BCUT2D eigenvalue weighted by Crippen LogP contribution is 2.30. The summed E-state index contributed by atoms with van der Waals surface area (Å²) in [5, 5.41) is 4.19. The summed E-state index contributed by atoms with van der Waals surface area (Å²) in [6.07, 6.45) is 1.32. The second-order valence-corrected chi connectivity index (χ2v) is 4.74. The highest BCUT2D eigenvalue weighted by molar-refractivity contribution is 6.32. The predicted octanol–water partition coefficient (Wildman–Crippen LogP) is 4.17. The zero-order chi connectivity index (χ0) is 14.8. The molecule has 0 spiro atoms. The Balaban J connectivity index is 2.02. The third kappa shape index (κ3) is 2.60. The van der Waals surface area contributed by atoms with Gasteiger partial charge in [-0.05, 0) is 30.3 Å². The lowest BCUT2D eigenvalue weighted by Gasteiger charge is -2.10. The van der Waals surface area contributed by atoms with Crippen LogP contribution in [-0.2, 0) is 0 Å². The van der Waals surface area contributed by atoms with Crippen molar-refractivity contribution in [2.24, 2.45) is 0 Å². The molecule has 0 atom stereocenters. The number of aromatic nitrogens is 2. The number of rotatable bonds is 3. The van der Waals surface area contributed by atoms with Crippen LogP contribution < -0.4 is 10.1 Å². The molecular formula is C15H11ClFN3O. The molecule has 21 heavy (non-hydrogen) atoms. The fraction of sp³-hybridized carbons (Fsp3) is 0.0667. The summed E-state index contributed by atoms with van der Waals surface area (Å²) in [5.74, 6) is 0.715. The summed E-state index contributed by atoms with van der Waals surface area (Å²) in [4.78, 5) is 8.11. The van der Waals surface area contributed by atoms with Crippen LogP contribution in [0.4, 0.5) is 15.9 Å². The van der Waals surface area contributed by atoms with Crippen LogP contribution in [-0.4, -0.2) is 17.1 Å². The van der Waals surface area contributed by atoms with Crippen molar-refractivity contribution in [3.05, 3.63) is 53.6 Å². The van der Waals surface area contributed by atoms with Crippen molar-refractivity contribution in [3.8, 4) is 5.75 Å². The normalized spacial score (nSPS) is 10.6. The third-order valence-corrected chi connectivity index (χ3v) is 3.33. The van der Waals surface area contributed by atoms with Gasteiger partial charge in [-0.3, -0.25) is 0 Å². The largest absolute Gasteiger partial charge is 0.495 e. The topological polar surface area (TPSA) is 47.0 Å². The molecule has 0 radical (unpaired) electrons. The van der Waals surface area contributed by atoms with E-state index in [1.165, 1.54) is 12.4 Å². The van der Waals surface area contributed by atoms with E-state index in [9.17, 15) is 4.39 Å². The standard InChI is InChI=1S/C15H11ClFN3O/c1-21-13-6-5-9(7-11(13)16)20-15-10-3-2-4-12(17)14(10)18-8-19-15/h2-8H,1H3,(H,18,19,20). The fourth-order valence-corrected chi connectivity index (χ4v) is 2.29. The number of hydrogen-bond donors (Lipinski definition) is 1. The molecule has 0 unspecified atom stereocenters. The molecule has 6 heteroatoms. The molecule has 0 aliphatic carbocycles. The van der Waals surface area contributed by atoms with E-state index >= 15 is 0 Å². The van der Waals surface area contributed by atoms with Crippen molar-refractivity contribution in [1.29, 1.82) is 0 Å². The van der Waals surface area contributed by atoms with Crippen molar-refractivity contribution in [2.75, 3.05) is 12.4 Å². The molecular weight excluding hydrogens is 293 g/mol. The van der Waals surface area contributed by atoms with Crippen molar-refractivity contribution >= 4 is 34.0 Å². The van der Waals surface area contributed by atoms with Gasteiger partial charge >= 0.3 is 0 Å². The molecule has 3 aromatic rings. The minimum absolute atomic E-state index is 0.273. The Morgan fingerprint density at radius 3 is 2.81 bits per heavy atom. The highest BCUT2D eigenvalue weighted by atomic mass is 35.5. The van der Waals surface area contributed by atoms with Gasteiger partial charge in [-0.1, -0.05) is 17.7 Å². The molecule has 0 fully saturated rings. The lowest BCUT2D eigenvalue weighted by Crippen LogP contribution is -1.97. The number of para-hydroxylation sites is 1. The molecule has 1 N–H and O–H groups in total. The molecule has 0 aliphatic heterocycles. The third-order valence-electron chi connectivity index (χ3n) is 3.03. The van der Waals surface area contributed by atoms with Gasteiger partial charge in [0.1, 0.15) is 29.2 Å². The Morgan fingerprint density at radius 1 is 1.19 bits per heavy atom. The van der Waals surface area contributed by atoms with Crippen LogP contribution in [0, 0.1) is 5.82 Å². The zero-order valence-electron chi connectivity index (χ0n) is 11.1. The Hall–Kier alpha value is -2.40. The van der Waals surface area contributed by atoms with E-state index in [2.05, 4.69) is 15.3 Å². The lowest BCUT2D eigenvalue weighted by atomic mass is 10.2. The van der Waals surface area contributed by atoms with E-state index in [1.807, 2.05) is 0 Å². The van der Waals surface area contributed by atoms with Crippen LogP contribution in [0.1, 0.15) is 0 Å². The molecule has 0 saturated carbocycles. The Bertz CT molecular complexity index is 810. The van der Waals surface area contributed by atoms with E-state index in [0.29, 0.717) is 22.0 Å². The number of methoxy groups -OCH3 is 1. The van der Waals surface area contributed by atoms with Gasteiger partial charge in [-0.15, -0.1) is 0 Å². The molecule has 2 aromatic carbocycles. The molecule has 4 nitrogen and oxygen atoms in total. The van der Waals surface area contributed by atoms with Gasteiger partial charge in [-0.25, -0.2) is 14.4 Å². The molecule has 3 rings (SSSR count). The van der Waals surface area contributed by atoms with Crippen LogP contribution in [0.25, 0.3) is 10.9 Å². The Kier molecular flexibility index (Phi) is 3.58. The summed E-state index contributed by atoms with van der Waals surface area (Å²) < 4.78 is 18.8. The number of nitrogens with one attached hydrogen (secondary N) is 1. The van der Waals surface area contributed by atoms with Crippen LogP contribution in [0.2, 0.25) is 5.02 Å². The van der Waals surface area contributed by atoms with Crippen molar-refractivity contribution in [2.45, 2.75) is 0 Å². The first-order valence-corrected chi connectivity index (χ1v) is 6.56. The van der Waals surface area contributed by atoms with Gasteiger partial charge < -0.3 is 10.1 Å². The van der Waals surface area contributed by atoms with Gasteiger partial charge in [0.05, 0.1) is 12.1 Å². The molecule has 0 bridgehead atoms. The highest BCUT2D eigenvalue weighted by Gasteiger charge is 2.08. The number of nitrogens with zero attached hydrogens (tertiary/aromatic N) is 2. The van der Waals surface area contributed by atoms with Crippen molar-refractivity contribution < 1.29 is 9.13 Å². The first-order chi connectivity index (χ1) is 10.2. The van der Waals surface area contributed by atoms with Crippen LogP contribution in [0.5, 0.6) is 5.75 Å². The average molecular weight is 304 g/mol. The maximum atomic E-state index is 13.7. The van der Waals surface area contributed by atoms with Gasteiger partial charge in [0, 0.05) is 11.1 Å². The molecule has 0 saturated heterocycles. The number of benzene rings is 2. The number of ether oxygens (including phenoxy) is 1. The number of hydrogen-bond acceptors (Lipinski definition) is 4. The monoisotopic (exact) mass is 303 g/mol. The summed E-state index contributed by atoms with van der Waals surface area (Å²) in [6, 6.07) is 10.0. The SMILES string of the molecule is COc1ccc(Nc2ncnc3c(F)cccc23)cc1Cl. The molecule has 106 valence electrons. The lowest BCUT2D eigenvalue weighted by molar-refractivity contribution is 0.415. The van der Waals surface area contributed by atoms with E-state index in [4.69, 9.17) is 16.3 Å². The number of anilines is 2.